The molecule has 0 atom stereocenters. The highest BCUT2D eigenvalue weighted by Crippen LogP contribution is 2.41. The van der Waals surface area contributed by atoms with Gasteiger partial charge in [0, 0.05) is 5.39 Å². The highest BCUT2D eigenvalue weighted by Gasteiger charge is 2.36. The van der Waals surface area contributed by atoms with Gasteiger partial charge in [0.05, 0.1) is 26.3 Å². The summed E-state index contributed by atoms with van der Waals surface area (Å²) in [5, 5.41) is 4.52. The van der Waals surface area contributed by atoms with Crippen molar-refractivity contribution in [3.05, 3.63) is 58.2 Å². The van der Waals surface area contributed by atoms with Gasteiger partial charge in [0.2, 0.25) is 5.91 Å². The second-order valence-electron chi connectivity index (χ2n) is 6.08. The molecule has 2 aromatic carbocycles. The van der Waals surface area contributed by atoms with E-state index in [1.165, 1.54) is 6.07 Å². The van der Waals surface area contributed by atoms with Gasteiger partial charge >= 0.3 is 0 Å². The molecule has 2 heterocycles. The Morgan fingerprint density at radius 1 is 1.15 bits per heavy atom. The van der Waals surface area contributed by atoms with Crippen LogP contribution >= 0.6 is 23.2 Å². The van der Waals surface area contributed by atoms with Crippen LogP contribution in [0.15, 0.2) is 47.4 Å². The minimum absolute atomic E-state index is 0.135. The van der Waals surface area contributed by atoms with Crippen LogP contribution < -0.4 is 9.62 Å². The summed E-state index contributed by atoms with van der Waals surface area (Å²) in [6, 6.07) is 11.8. The number of carbonyl (C=O) groups is 1. The Morgan fingerprint density at radius 2 is 1.85 bits per heavy atom. The zero-order valence-corrected chi connectivity index (χ0v) is 16.4. The standard InChI is InChI=1S/C18H13Cl2N3O3S/c1-10-12(19)8-13(20)18(21-10)22-16(24)9-23-14-6-2-4-11-5-3-7-15(17(11)14)27(23,25)26/h2-8H,9H2,1H3,(H,21,22,24). The fraction of sp³-hybridized carbons (Fsp3) is 0.111. The van der Waals surface area contributed by atoms with Crippen molar-refractivity contribution in [2.24, 2.45) is 0 Å². The van der Waals surface area contributed by atoms with E-state index in [9.17, 15) is 13.2 Å². The Hall–Kier alpha value is -2.35. The summed E-state index contributed by atoms with van der Waals surface area (Å²) < 4.78 is 26.9. The molecule has 0 unspecified atom stereocenters. The molecule has 0 radical (unpaired) electrons. The van der Waals surface area contributed by atoms with Crippen molar-refractivity contribution in [3.63, 3.8) is 0 Å². The van der Waals surface area contributed by atoms with E-state index < -0.39 is 22.5 Å². The van der Waals surface area contributed by atoms with Gasteiger partial charge in [-0.3, -0.25) is 9.10 Å². The van der Waals surface area contributed by atoms with E-state index in [0.717, 1.165) is 9.69 Å². The zero-order valence-electron chi connectivity index (χ0n) is 14.0. The number of rotatable bonds is 3. The Labute approximate surface area is 165 Å². The van der Waals surface area contributed by atoms with Crippen molar-refractivity contribution in [1.82, 2.24) is 4.98 Å². The maximum absolute atomic E-state index is 12.9. The molecule has 9 heteroatoms. The Kier molecular flexibility index (Phi) is 4.25. The lowest BCUT2D eigenvalue weighted by atomic mass is 10.1. The number of anilines is 2. The van der Waals surface area contributed by atoms with Crippen LogP contribution in [0.4, 0.5) is 11.5 Å². The highest BCUT2D eigenvalue weighted by molar-refractivity contribution is 7.93. The fourth-order valence-corrected chi connectivity index (χ4v) is 5.15. The summed E-state index contributed by atoms with van der Waals surface area (Å²) in [6.07, 6.45) is 0. The third-order valence-electron chi connectivity index (χ3n) is 4.33. The van der Waals surface area contributed by atoms with Gasteiger partial charge in [-0.05, 0) is 30.5 Å². The van der Waals surface area contributed by atoms with Gasteiger partial charge in [-0.1, -0.05) is 47.5 Å². The molecule has 1 aromatic heterocycles. The van der Waals surface area contributed by atoms with Gasteiger partial charge in [0.1, 0.15) is 6.54 Å². The van der Waals surface area contributed by atoms with E-state index in [1.807, 2.05) is 12.1 Å². The Balaban J connectivity index is 1.67. The van der Waals surface area contributed by atoms with Crippen LogP contribution in [-0.2, 0) is 14.8 Å². The first-order valence-electron chi connectivity index (χ1n) is 7.96. The SMILES string of the molecule is Cc1nc(NC(=O)CN2c3cccc4cccc(c34)S2(=O)=O)c(Cl)cc1Cl. The highest BCUT2D eigenvalue weighted by atomic mass is 35.5. The van der Waals surface area contributed by atoms with Crippen molar-refractivity contribution < 1.29 is 13.2 Å². The zero-order chi connectivity index (χ0) is 19.3. The first-order valence-corrected chi connectivity index (χ1v) is 10.2. The predicted molar refractivity (Wildman–Crippen MR) is 106 cm³/mol. The molecule has 0 saturated carbocycles. The number of halogens is 2. The number of amides is 1. The molecule has 0 bridgehead atoms. The Morgan fingerprint density at radius 3 is 2.59 bits per heavy atom. The molecule has 4 rings (SSSR count). The molecule has 1 amide bonds. The molecule has 0 saturated heterocycles. The van der Waals surface area contributed by atoms with Crippen molar-refractivity contribution in [2.45, 2.75) is 11.8 Å². The van der Waals surface area contributed by atoms with Crippen LogP contribution in [-0.4, -0.2) is 25.9 Å². The molecule has 3 aromatic rings. The van der Waals surface area contributed by atoms with Crippen LogP contribution in [0, 0.1) is 6.92 Å². The topological polar surface area (TPSA) is 79.4 Å². The lowest BCUT2D eigenvalue weighted by molar-refractivity contribution is -0.114. The number of benzene rings is 2. The number of pyridine rings is 1. The summed E-state index contributed by atoms with van der Waals surface area (Å²) in [5.74, 6) is -0.421. The second kappa shape index (κ2) is 6.37. The van der Waals surface area contributed by atoms with E-state index in [4.69, 9.17) is 23.2 Å². The fourth-order valence-electron chi connectivity index (χ4n) is 3.08. The largest absolute Gasteiger partial charge is 0.308 e. The summed E-state index contributed by atoms with van der Waals surface area (Å²) in [5.41, 5.74) is 0.979. The normalized spacial score (nSPS) is 14.6. The number of hydrogen-bond acceptors (Lipinski definition) is 4. The summed E-state index contributed by atoms with van der Waals surface area (Å²) in [4.78, 5) is 16.9. The number of aryl methyl sites for hydroxylation is 1. The average Bonchev–Trinajstić information content (AvgIpc) is 2.83. The third kappa shape index (κ3) is 2.92. The van der Waals surface area contributed by atoms with Crippen LogP contribution in [0.5, 0.6) is 0 Å². The van der Waals surface area contributed by atoms with Crippen LogP contribution in [0.25, 0.3) is 10.8 Å². The van der Waals surface area contributed by atoms with E-state index >= 15 is 0 Å². The number of nitrogens with one attached hydrogen (secondary N) is 1. The molecule has 0 spiro atoms. The molecular weight excluding hydrogens is 409 g/mol. The van der Waals surface area contributed by atoms with Gasteiger partial charge in [-0.15, -0.1) is 0 Å². The number of sulfonamides is 1. The third-order valence-corrected chi connectivity index (χ3v) is 6.80. The summed E-state index contributed by atoms with van der Waals surface area (Å²) in [6.45, 7) is 1.28. The molecule has 0 aliphatic carbocycles. The predicted octanol–water partition coefficient (Wildman–Crippen LogP) is 4.00. The number of carbonyl (C=O) groups excluding carboxylic acids is 1. The minimum Gasteiger partial charge on any atom is -0.308 e. The van der Waals surface area contributed by atoms with Gasteiger partial charge in [-0.25, -0.2) is 13.4 Å². The van der Waals surface area contributed by atoms with E-state index in [-0.39, 0.29) is 15.7 Å². The van der Waals surface area contributed by atoms with E-state index in [0.29, 0.717) is 21.8 Å². The molecule has 1 N–H and O–H groups in total. The van der Waals surface area contributed by atoms with E-state index in [1.54, 1.807) is 31.2 Å². The second-order valence-corrected chi connectivity index (χ2v) is 8.72. The first kappa shape index (κ1) is 18.0. The van der Waals surface area contributed by atoms with Gasteiger partial charge in [0.15, 0.2) is 5.82 Å². The molecule has 1 aliphatic heterocycles. The molecule has 0 fully saturated rings. The van der Waals surface area contributed by atoms with Crippen molar-refractivity contribution >= 4 is 61.4 Å². The van der Waals surface area contributed by atoms with E-state index in [2.05, 4.69) is 10.3 Å². The maximum Gasteiger partial charge on any atom is 0.265 e. The molecule has 6 nitrogen and oxygen atoms in total. The first-order chi connectivity index (χ1) is 12.8. The monoisotopic (exact) mass is 421 g/mol. The number of nitrogens with zero attached hydrogens (tertiary/aromatic N) is 2. The molecule has 138 valence electrons. The van der Waals surface area contributed by atoms with Gasteiger partial charge in [0.25, 0.3) is 10.0 Å². The quantitative estimate of drug-likeness (QED) is 0.692. The van der Waals surface area contributed by atoms with Crippen molar-refractivity contribution in [2.75, 3.05) is 16.2 Å². The van der Waals surface area contributed by atoms with Crippen molar-refractivity contribution in [1.29, 1.82) is 0 Å². The Bertz CT molecular complexity index is 1210. The van der Waals surface area contributed by atoms with Crippen molar-refractivity contribution in [3.8, 4) is 0 Å². The molecule has 27 heavy (non-hydrogen) atoms. The lowest BCUT2D eigenvalue weighted by Gasteiger charge is -2.18. The molecule has 1 aliphatic rings. The van der Waals surface area contributed by atoms with Gasteiger partial charge in [-0.2, -0.15) is 0 Å². The number of hydrogen-bond donors (Lipinski definition) is 1. The summed E-state index contributed by atoms with van der Waals surface area (Å²) in [7, 11) is -3.81. The van der Waals surface area contributed by atoms with Crippen LogP contribution in [0.1, 0.15) is 5.69 Å². The minimum atomic E-state index is -3.81. The maximum atomic E-state index is 12.9. The smallest absolute Gasteiger partial charge is 0.265 e. The lowest BCUT2D eigenvalue weighted by Crippen LogP contribution is -2.35. The number of aromatic nitrogens is 1. The summed E-state index contributed by atoms with van der Waals surface area (Å²) >= 11 is 12.0. The van der Waals surface area contributed by atoms with Crippen LogP contribution in [0.3, 0.4) is 0 Å². The van der Waals surface area contributed by atoms with Crippen LogP contribution in [0.2, 0.25) is 10.0 Å². The van der Waals surface area contributed by atoms with Gasteiger partial charge < -0.3 is 5.32 Å². The average molecular weight is 422 g/mol. The molecular formula is C18H13Cl2N3O3S.